The normalized spacial score (nSPS) is 20.1. The summed E-state index contributed by atoms with van der Waals surface area (Å²) in [6.07, 6.45) is 0.331. The van der Waals surface area contributed by atoms with Crippen molar-refractivity contribution in [1.29, 1.82) is 0 Å². The first-order valence-electron chi connectivity index (χ1n) is 5.78. The van der Waals surface area contributed by atoms with Gasteiger partial charge in [0.15, 0.2) is 0 Å². The highest BCUT2D eigenvalue weighted by Gasteiger charge is 2.31. The molecule has 0 radical (unpaired) electrons. The number of primary amides is 1. The van der Waals surface area contributed by atoms with E-state index >= 15 is 0 Å². The summed E-state index contributed by atoms with van der Waals surface area (Å²) in [5.41, 5.74) is 4.58. The van der Waals surface area contributed by atoms with E-state index in [9.17, 15) is 9.59 Å². The molecule has 6 heteroatoms. The Balaban J connectivity index is 2.67. The molecule has 6 nitrogen and oxygen atoms in total. The number of carbonyl (C=O) groups excluding carboxylic acids is 2. The van der Waals surface area contributed by atoms with E-state index < -0.39 is 17.6 Å². The number of hydrogen-bond acceptors (Lipinski definition) is 4. The molecule has 2 amide bonds. The molecule has 1 unspecified atom stereocenters. The van der Waals surface area contributed by atoms with Crippen molar-refractivity contribution in [2.24, 2.45) is 5.73 Å². The van der Waals surface area contributed by atoms with Crippen LogP contribution in [0.1, 0.15) is 27.2 Å². The molecule has 0 aromatic heterocycles. The molecule has 1 fully saturated rings. The first-order valence-corrected chi connectivity index (χ1v) is 5.78. The predicted octanol–water partition coefficient (Wildman–Crippen LogP) is 0.0707. The average molecular weight is 243 g/mol. The van der Waals surface area contributed by atoms with Crippen molar-refractivity contribution < 1.29 is 14.3 Å². The molecule has 0 bridgehead atoms. The summed E-state index contributed by atoms with van der Waals surface area (Å²) in [5, 5.41) is 3.14. The molecule has 0 aliphatic carbocycles. The second kappa shape index (κ2) is 5.35. The van der Waals surface area contributed by atoms with E-state index in [-0.39, 0.29) is 12.6 Å². The Morgan fingerprint density at radius 3 is 2.53 bits per heavy atom. The molecular weight excluding hydrogens is 222 g/mol. The van der Waals surface area contributed by atoms with Gasteiger partial charge >= 0.3 is 6.09 Å². The maximum atomic E-state index is 11.9. The van der Waals surface area contributed by atoms with Crippen LogP contribution >= 0.6 is 0 Å². The largest absolute Gasteiger partial charge is 0.444 e. The zero-order chi connectivity index (χ0) is 13.1. The zero-order valence-corrected chi connectivity index (χ0v) is 10.7. The lowest BCUT2D eigenvalue weighted by Crippen LogP contribution is -2.48. The van der Waals surface area contributed by atoms with Crippen LogP contribution in [0.3, 0.4) is 0 Å². The van der Waals surface area contributed by atoms with Crippen molar-refractivity contribution in [2.75, 3.05) is 19.6 Å². The summed E-state index contributed by atoms with van der Waals surface area (Å²) in [7, 11) is 0. The first-order chi connectivity index (χ1) is 7.79. The van der Waals surface area contributed by atoms with Crippen LogP contribution in [0.2, 0.25) is 0 Å². The van der Waals surface area contributed by atoms with Gasteiger partial charge in [0.05, 0.1) is 0 Å². The van der Waals surface area contributed by atoms with Crippen LogP contribution in [0, 0.1) is 0 Å². The SMILES string of the molecule is CC(C)(C)OC(=O)N(CC(N)=O)C1CCNC1. The molecule has 3 N–H and O–H groups in total. The highest BCUT2D eigenvalue weighted by atomic mass is 16.6. The van der Waals surface area contributed by atoms with Crippen LogP contribution in [0.4, 0.5) is 4.79 Å². The minimum absolute atomic E-state index is 0.0163. The molecule has 0 spiro atoms. The number of nitrogens with one attached hydrogen (secondary N) is 1. The Morgan fingerprint density at radius 2 is 2.12 bits per heavy atom. The fourth-order valence-corrected chi connectivity index (χ4v) is 1.74. The van der Waals surface area contributed by atoms with Gasteiger partial charge in [0.1, 0.15) is 12.1 Å². The van der Waals surface area contributed by atoms with Gasteiger partial charge in [0.2, 0.25) is 5.91 Å². The maximum Gasteiger partial charge on any atom is 0.411 e. The molecule has 1 aliphatic rings. The summed E-state index contributed by atoms with van der Waals surface area (Å²) >= 11 is 0. The molecule has 1 atom stereocenters. The monoisotopic (exact) mass is 243 g/mol. The Hall–Kier alpha value is -1.30. The summed E-state index contributed by atoms with van der Waals surface area (Å²) in [6.45, 7) is 6.79. The lowest BCUT2D eigenvalue weighted by atomic mass is 10.2. The predicted molar refractivity (Wildman–Crippen MR) is 63.4 cm³/mol. The number of amides is 2. The number of rotatable bonds is 3. The van der Waals surface area contributed by atoms with E-state index in [0.717, 1.165) is 13.0 Å². The van der Waals surface area contributed by atoms with Crippen molar-refractivity contribution >= 4 is 12.0 Å². The molecule has 0 aromatic carbocycles. The molecule has 1 rings (SSSR count). The fraction of sp³-hybridized carbons (Fsp3) is 0.818. The minimum atomic E-state index is -0.570. The van der Waals surface area contributed by atoms with Crippen LogP contribution in [-0.2, 0) is 9.53 Å². The highest BCUT2D eigenvalue weighted by molar-refractivity contribution is 5.81. The van der Waals surface area contributed by atoms with E-state index in [0.29, 0.717) is 6.54 Å². The maximum absolute atomic E-state index is 11.9. The molecule has 1 saturated heterocycles. The quantitative estimate of drug-likeness (QED) is 0.734. The average Bonchev–Trinajstić information content (AvgIpc) is 2.63. The number of carbonyl (C=O) groups is 2. The lowest BCUT2D eigenvalue weighted by Gasteiger charge is -2.30. The first kappa shape index (κ1) is 13.8. The van der Waals surface area contributed by atoms with Crippen molar-refractivity contribution in [2.45, 2.75) is 38.8 Å². The fourth-order valence-electron chi connectivity index (χ4n) is 1.74. The van der Waals surface area contributed by atoms with E-state index in [1.165, 1.54) is 4.90 Å². The molecule has 1 aliphatic heterocycles. The molecule has 98 valence electrons. The van der Waals surface area contributed by atoms with Crippen LogP contribution < -0.4 is 11.1 Å². The Kier molecular flexibility index (Phi) is 4.34. The standard InChI is InChI=1S/C11H21N3O3/c1-11(2,3)17-10(16)14(7-9(12)15)8-4-5-13-6-8/h8,13H,4-7H2,1-3H3,(H2,12,15). The third-order valence-corrected chi connectivity index (χ3v) is 2.43. The third kappa shape index (κ3) is 4.60. The number of ether oxygens (including phenoxy) is 1. The summed E-state index contributed by atoms with van der Waals surface area (Å²) in [6, 6.07) is -0.0163. The van der Waals surface area contributed by atoms with Gasteiger partial charge in [-0.2, -0.15) is 0 Å². The number of nitrogens with zero attached hydrogens (tertiary/aromatic N) is 1. The minimum Gasteiger partial charge on any atom is -0.444 e. The van der Waals surface area contributed by atoms with E-state index in [1.807, 2.05) is 0 Å². The second-order valence-corrected chi connectivity index (χ2v) is 5.22. The van der Waals surface area contributed by atoms with Crippen LogP contribution in [0.5, 0.6) is 0 Å². The molecule has 1 heterocycles. The molecular formula is C11H21N3O3. The molecule has 0 aromatic rings. The third-order valence-electron chi connectivity index (χ3n) is 2.43. The van der Waals surface area contributed by atoms with Crippen LogP contribution in [-0.4, -0.2) is 48.2 Å². The lowest BCUT2D eigenvalue weighted by molar-refractivity contribution is -0.119. The summed E-state index contributed by atoms with van der Waals surface area (Å²) < 4.78 is 5.26. The Labute approximate surface area is 101 Å². The van der Waals surface area contributed by atoms with Crippen LogP contribution in [0.25, 0.3) is 0 Å². The van der Waals surface area contributed by atoms with Gasteiger partial charge in [-0.15, -0.1) is 0 Å². The van der Waals surface area contributed by atoms with Crippen LogP contribution in [0.15, 0.2) is 0 Å². The van der Waals surface area contributed by atoms with Crippen molar-refractivity contribution in [3.8, 4) is 0 Å². The Morgan fingerprint density at radius 1 is 1.47 bits per heavy atom. The summed E-state index contributed by atoms with van der Waals surface area (Å²) in [5.74, 6) is -0.525. The van der Waals surface area contributed by atoms with Gasteiger partial charge in [-0.05, 0) is 33.7 Å². The van der Waals surface area contributed by atoms with Crippen molar-refractivity contribution in [3.63, 3.8) is 0 Å². The van der Waals surface area contributed by atoms with E-state index in [2.05, 4.69) is 5.32 Å². The van der Waals surface area contributed by atoms with Crippen molar-refractivity contribution in [3.05, 3.63) is 0 Å². The van der Waals surface area contributed by atoms with Gasteiger partial charge in [0, 0.05) is 12.6 Å². The van der Waals surface area contributed by atoms with Gasteiger partial charge in [-0.3, -0.25) is 9.69 Å². The highest BCUT2D eigenvalue weighted by Crippen LogP contribution is 2.14. The molecule has 0 saturated carbocycles. The molecule has 17 heavy (non-hydrogen) atoms. The van der Waals surface area contributed by atoms with E-state index in [4.69, 9.17) is 10.5 Å². The Bertz CT molecular complexity index is 293. The second-order valence-electron chi connectivity index (χ2n) is 5.22. The topological polar surface area (TPSA) is 84.7 Å². The van der Waals surface area contributed by atoms with Gasteiger partial charge in [-0.25, -0.2) is 4.79 Å². The zero-order valence-electron chi connectivity index (χ0n) is 10.7. The van der Waals surface area contributed by atoms with Gasteiger partial charge in [0.25, 0.3) is 0 Å². The number of hydrogen-bond donors (Lipinski definition) is 2. The summed E-state index contributed by atoms with van der Waals surface area (Å²) in [4.78, 5) is 24.3. The number of nitrogens with two attached hydrogens (primary N) is 1. The van der Waals surface area contributed by atoms with Gasteiger partial charge in [-0.1, -0.05) is 0 Å². The smallest absolute Gasteiger partial charge is 0.411 e. The van der Waals surface area contributed by atoms with E-state index in [1.54, 1.807) is 20.8 Å². The van der Waals surface area contributed by atoms with Gasteiger partial charge < -0.3 is 15.8 Å². The van der Waals surface area contributed by atoms with Crippen molar-refractivity contribution in [1.82, 2.24) is 10.2 Å².